The van der Waals surface area contributed by atoms with Gasteiger partial charge in [0, 0.05) is 0 Å². The van der Waals surface area contributed by atoms with Crippen molar-refractivity contribution in [3.63, 3.8) is 0 Å². The lowest BCUT2D eigenvalue weighted by Crippen LogP contribution is -2.46. The van der Waals surface area contributed by atoms with Gasteiger partial charge in [-0.3, -0.25) is 10.1 Å². The molecule has 0 radical (unpaired) electrons. The highest BCUT2D eigenvalue weighted by molar-refractivity contribution is 5.86. The second-order valence-corrected chi connectivity index (χ2v) is 5.13. The molecule has 1 atom stereocenters. The second-order valence-electron chi connectivity index (χ2n) is 5.13. The molecule has 2 aliphatic rings. The van der Waals surface area contributed by atoms with Crippen molar-refractivity contribution in [3.8, 4) is 5.75 Å². The summed E-state index contributed by atoms with van der Waals surface area (Å²) in [5, 5.41) is 6.59. The zero-order valence-electron chi connectivity index (χ0n) is 10.5. The third kappa shape index (κ3) is 1.86. The summed E-state index contributed by atoms with van der Waals surface area (Å²) in [5.41, 5.74) is 0.846. The molecule has 0 bridgehead atoms. The Kier molecular flexibility index (Phi) is 2.74. The van der Waals surface area contributed by atoms with Crippen molar-refractivity contribution in [2.45, 2.75) is 37.4 Å². The van der Waals surface area contributed by atoms with Crippen LogP contribution in [-0.2, 0) is 4.79 Å². The largest absolute Gasteiger partial charge is 0.497 e. The highest BCUT2D eigenvalue weighted by Crippen LogP contribution is 2.34. The number of methoxy groups -OCH3 is 1. The predicted octanol–water partition coefficient (Wildman–Crippen LogP) is 1.73. The van der Waals surface area contributed by atoms with Gasteiger partial charge in [0.1, 0.15) is 11.8 Å². The molecule has 1 saturated heterocycles. The van der Waals surface area contributed by atoms with E-state index in [1.54, 1.807) is 7.11 Å². The van der Waals surface area contributed by atoms with Crippen molar-refractivity contribution >= 4 is 5.91 Å². The van der Waals surface area contributed by atoms with E-state index in [0.29, 0.717) is 0 Å². The van der Waals surface area contributed by atoms with Crippen molar-refractivity contribution < 1.29 is 9.53 Å². The normalized spacial score (nSPS) is 25.4. The molecule has 2 fully saturated rings. The molecule has 0 aromatic heterocycles. The van der Waals surface area contributed by atoms with Crippen LogP contribution in [0.2, 0.25) is 0 Å². The molecule has 1 aromatic carbocycles. The number of amides is 1. The van der Waals surface area contributed by atoms with Crippen LogP contribution in [0, 0.1) is 0 Å². The summed E-state index contributed by atoms with van der Waals surface area (Å²) in [5.74, 6) is 0.898. The molecular weight excluding hydrogens is 228 g/mol. The Morgan fingerprint density at radius 2 is 1.89 bits per heavy atom. The maximum Gasteiger partial charge on any atom is 0.243 e. The van der Waals surface area contributed by atoms with Gasteiger partial charge in [0.15, 0.2) is 0 Å². The average Bonchev–Trinajstić information content (AvgIpc) is 2.97. The van der Waals surface area contributed by atoms with E-state index in [1.807, 2.05) is 24.3 Å². The Morgan fingerprint density at radius 1 is 1.22 bits per heavy atom. The summed E-state index contributed by atoms with van der Waals surface area (Å²) in [6, 6.07) is 7.45. The average molecular weight is 246 g/mol. The summed E-state index contributed by atoms with van der Waals surface area (Å²) < 4.78 is 5.13. The third-order valence-electron chi connectivity index (χ3n) is 3.95. The molecule has 1 amide bonds. The maximum atomic E-state index is 12.1. The minimum atomic E-state index is -0.228. The van der Waals surface area contributed by atoms with Crippen molar-refractivity contribution in [2.75, 3.05) is 7.11 Å². The summed E-state index contributed by atoms with van der Waals surface area (Å²) >= 11 is 0. The van der Waals surface area contributed by atoms with Crippen LogP contribution in [0.15, 0.2) is 24.3 Å². The van der Waals surface area contributed by atoms with E-state index in [-0.39, 0.29) is 17.6 Å². The monoisotopic (exact) mass is 246 g/mol. The van der Waals surface area contributed by atoms with Gasteiger partial charge in [0.2, 0.25) is 5.91 Å². The van der Waals surface area contributed by atoms with Gasteiger partial charge in [0.25, 0.3) is 0 Å². The molecule has 1 spiro atoms. The lowest BCUT2D eigenvalue weighted by atomic mass is 10.1. The van der Waals surface area contributed by atoms with Crippen molar-refractivity contribution in [1.29, 1.82) is 0 Å². The molecule has 2 N–H and O–H groups in total. The van der Waals surface area contributed by atoms with E-state index in [0.717, 1.165) is 24.2 Å². The fourth-order valence-corrected chi connectivity index (χ4v) is 2.96. The van der Waals surface area contributed by atoms with Crippen LogP contribution in [0.1, 0.15) is 37.3 Å². The Labute approximate surface area is 107 Å². The second kappa shape index (κ2) is 4.28. The van der Waals surface area contributed by atoms with Gasteiger partial charge in [0.05, 0.1) is 12.8 Å². The number of hydrogen-bond acceptors (Lipinski definition) is 3. The van der Waals surface area contributed by atoms with E-state index in [2.05, 4.69) is 10.6 Å². The van der Waals surface area contributed by atoms with Crippen LogP contribution < -0.4 is 15.4 Å². The van der Waals surface area contributed by atoms with Gasteiger partial charge in [-0.05, 0) is 43.4 Å². The Hall–Kier alpha value is -1.55. The summed E-state index contributed by atoms with van der Waals surface area (Å²) in [6.07, 6.45) is 4.43. The molecule has 1 saturated carbocycles. The number of ether oxygens (including phenoxy) is 1. The first-order valence-electron chi connectivity index (χ1n) is 6.46. The molecule has 4 heteroatoms. The molecule has 0 unspecified atom stereocenters. The molecule has 18 heavy (non-hydrogen) atoms. The predicted molar refractivity (Wildman–Crippen MR) is 68.2 cm³/mol. The smallest absolute Gasteiger partial charge is 0.243 e. The molecule has 1 aliphatic heterocycles. The Balaban J connectivity index is 1.81. The Morgan fingerprint density at radius 3 is 2.50 bits per heavy atom. The van der Waals surface area contributed by atoms with Gasteiger partial charge < -0.3 is 10.1 Å². The van der Waals surface area contributed by atoms with Crippen LogP contribution in [-0.4, -0.2) is 18.7 Å². The van der Waals surface area contributed by atoms with Crippen LogP contribution >= 0.6 is 0 Å². The summed E-state index contributed by atoms with van der Waals surface area (Å²) in [7, 11) is 1.64. The Bertz CT molecular complexity index is 449. The minimum Gasteiger partial charge on any atom is -0.497 e. The van der Waals surface area contributed by atoms with Gasteiger partial charge in [-0.1, -0.05) is 12.1 Å². The van der Waals surface area contributed by atoms with Crippen LogP contribution in [0.5, 0.6) is 5.75 Å². The van der Waals surface area contributed by atoms with Gasteiger partial charge >= 0.3 is 0 Å². The van der Waals surface area contributed by atoms with Gasteiger partial charge in [-0.25, -0.2) is 0 Å². The number of hydrogen-bond donors (Lipinski definition) is 2. The van der Waals surface area contributed by atoms with E-state index >= 15 is 0 Å². The first kappa shape index (κ1) is 11.5. The number of carbonyl (C=O) groups is 1. The van der Waals surface area contributed by atoms with Crippen LogP contribution in [0.3, 0.4) is 0 Å². The summed E-state index contributed by atoms with van der Waals surface area (Å²) in [4.78, 5) is 12.1. The van der Waals surface area contributed by atoms with Gasteiger partial charge in [-0.15, -0.1) is 0 Å². The van der Waals surface area contributed by atoms with Crippen LogP contribution in [0.25, 0.3) is 0 Å². The molecule has 1 aliphatic carbocycles. The third-order valence-corrected chi connectivity index (χ3v) is 3.95. The molecule has 96 valence electrons. The first-order valence-corrected chi connectivity index (χ1v) is 6.46. The zero-order valence-corrected chi connectivity index (χ0v) is 10.5. The van der Waals surface area contributed by atoms with Crippen LogP contribution in [0.4, 0.5) is 0 Å². The fourth-order valence-electron chi connectivity index (χ4n) is 2.96. The summed E-state index contributed by atoms with van der Waals surface area (Å²) in [6.45, 7) is 0. The topological polar surface area (TPSA) is 50.4 Å². The fraction of sp³-hybridized carbons (Fsp3) is 0.500. The van der Waals surface area contributed by atoms with Gasteiger partial charge in [-0.2, -0.15) is 0 Å². The standard InChI is InChI=1S/C14H18N2O2/c1-18-11-6-4-10(5-7-11)12-13(17)16-14(15-12)8-2-3-9-14/h4-7,12,15H,2-3,8-9H2,1H3,(H,16,17)/t12-/m1/s1. The van der Waals surface area contributed by atoms with E-state index in [4.69, 9.17) is 4.74 Å². The number of rotatable bonds is 2. The molecule has 3 rings (SSSR count). The van der Waals surface area contributed by atoms with E-state index < -0.39 is 0 Å². The van der Waals surface area contributed by atoms with E-state index in [9.17, 15) is 4.79 Å². The highest BCUT2D eigenvalue weighted by atomic mass is 16.5. The number of carbonyl (C=O) groups excluding carboxylic acids is 1. The quantitative estimate of drug-likeness (QED) is 0.835. The molecular formula is C14H18N2O2. The molecule has 1 heterocycles. The highest BCUT2D eigenvalue weighted by Gasteiger charge is 2.45. The molecule has 1 aromatic rings. The van der Waals surface area contributed by atoms with Crippen molar-refractivity contribution in [1.82, 2.24) is 10.6 Å². The SMILES string of the molecule is COc1ccc([C@H]2NC3(CCCC3)NC2=O)cc1. The van der Waals surface area contributed by atoms with Crippen molar-refractivity contribution in [2.24, 2.45) is 0 Å². The zero-order chi connectivity index (χ0) is 12.6. The van der Waals surface area contributed by atoms with E-state index in [1.165, 1.54) is 12.8 Å². The first-order chi connectivity index (χ1) is 8.72. The number of benzene rings is 1. The number of nitrogens with one attached hydrogen (secondary N) is 2. The lowest BCUT2D eigenvalue weighted by Gasteiger charge is -2.23. The molecule has 4 nitrogen and oxygen atoms in total. The maximum absolute atomic E-state index is 12.1. The van der Waals surface area contributed by atoms with Crippen molar-refractivity contribution in [3.05, 3.63) is 29.8 Å². The minimum absolute atomic E-state index is 0.0852. The lowest BCUT2D eigenvalue weighted by molar-refractivity contribution is -0.121.